The van der Waals surface area contributed by atoms with Crippen molar-refractivity contribution in [3.63, 3.8) is 0 Å². The van der Waals surface area contributed by atoms with Crippen LogP contribution in [0.3, 0.4) is 0 Å². The number of aromatic amines is 1. The Morgan fingerprint density at radius 2 is 2.20 bits per heavy atom. The summed E-state index contributed by atoms with van der Waals surface area (Å²) in [5.41, 5.74) is 0. The van der Waals surface area contributed by atoms with E-state index in [0.717, 1.165) is 0 Å². The third-order valence-corrected chi connectivity index (χ3v) is 4.20. The van der Waals surface area contributed by atoms with E-state index < -0.39 is 10.0 Å². The second-order valence-corrected chi connectivity index (χ2v) is 6.44. The topological polar surface area (TPSA) is 113 Å². The van der Waals surface area contributed by atoms with Crippen LogP contribution < -0.4 is 10.0 Å². The first-order valence-corrected chi connectivity index (χ1v) is 8.04. The van der Waals surface area contributed by atoms with Gasteiger partial charge >= 0.3 is 0 Å². The van der Waals surface area contributed by atoms with E-state index in [1.165, 1.54) is 18.6 Å². The van der Waals surface area contributed by atoms with Gasteiger partial charge in [-0.05, 0) is 28.9 Å². The Bertz CT molecular complexity index is 673. The zero-order valence-electron chi connectivity index (χ0n) is 10.6. The van der Waals surface area contributed by atoms with Gasteiger partial charge < -0.3 is 5.32 Å². The molecule has 0 aliphatic heterocycles. The highest BCUT2D eigenvalue weighted by atomic mass is 79.9. The summed E-state index contributed by atoms with van der Waals surface area (Å²) in [6, 6.07) is 1.49. The summed E-state index contributed by atoms with van der Waals surface area (Å²) in [6.45, 7) is 2.46. The molecule has 0 saturated carbocycles. The van der Waals surface area contributed by atoms with Gasteiger partial charge in [0.05, 0.1) is 6.54 Å². The third kappa shape index (κ3) is 3.52. The molecular weight excluding hydrogens is 348 g/mol. The maximum absolute atomic E-state index is 12.3. The number of anilines is 1. The Balaban J connectivity index is 2.26. The van der Waals surface area contributed by atoms with Crippen LogP contribution in [0, 0.1) is 0 Å². The molecule has 0 saturated heterocycles. The van der Waals surface area contributed by atoms with Crippen LogP contribution >= 0.6 is 15.9 Å². The molecule has 0 bridgehead atoms. The molecule has 0 unspecified atom stereocenters. The molecule has 2 heterocycles. The zero-order valence-corrected chi connectivity index (χ0v) is 13.0. The molecule has 0 fully saturated rings. The zero-order chi connectivity index (χ0) is 14.6. The van der Waals surface area contributed by atoms with Crippen molar-refractivity contribution >= 4 is 31.8 Å². The molecule has 0 radical (unpaired) electrons. The smallest absolute Gasteiger partial charge is 0.244 e. The van der Waals surface area contributed by atoms with E-state index in [-0.39, 0.29) is 11.4 Å². The molecule has 2 aromatic rings. The van der Waals surface area contributed by atoms with Crippen molar-refractivity contribution in [2.75, 3.05) is 11.9 Å². The van der Waals surface area contributed by atoms with Crippen LogP contribution in [0.5, 0.6) is 0 Å². The predicted octanol–water partition coefficient (Wildman–Crippen LogP) is 0.872. The van der Waals surface area contributed by atoms with Gasteiger partial charge in [-0.15, -0.1) is 0 Å². The standard InChI is InChI=1S/C10H13BrN6O2S/c1-2-12-10-8(3-7(11)4-13-10)20(18,19)16-5-9-14-6-15-17-9/h3-4,6,16H,2,5H2,1H3,(H,12,13)(H,14,15,17). The Labute approximate surface area is 124 Å². The van der Waals surface area contributed by atoms with E-state index in [2.05, 4.69) is 46.1 Å². The van der Waals surface area contributed by atoms with Crippen LogP contribution in [0.1, 0.15) is 12.7 Å². The largest absolute Gasteiger partial charge is 0.369 e. The first kappa shape index (κ1) is 14.9. The van der Waals surface area contributed by atoms with Gasteiger partial charge in [0, 0.05) is 17.2 Å². The van der Waals surface area contributed by atoms with Gasteiger partial charge in [-0.2, -0.15) is 5.10 Å². The Morgan fingerprint density at radius 1 is 1.40 bits per heavy atom. The summed E-state index contributed by atoms with van der Waals surface area (Å²) in [6.07, 6.45) is 2.85. The van der Waals surface area contributed by atoms with Gasteiger partial charge in [0.2, 0.25) is 10.0 Å². The van der Waals surface area contributed by atoms with Crippen molar-refractivity contribution in [2.45, 2.75) is 18.4 Å². The average Bonchev–Trinajstić information content (AvgIpc) is 2.92. The molecule has 0 amide bonds. The van der Waals surface area contributed by atoms with Crippen molar-refractivity contribution in [1.82, 2.24) is 24.9 Å². The second-order valence-electron chi connectivity index (χ2n) is 3.79. The fraction of sp³-hybridized carbons (Fsp3) is 0.300. The summed E-state index contributed by atoms with van der Waals surface area (Å²) in [7, 11) is -3.70. The average molecular weight is 361 g/mol. The van der Waals surface area contributed by atoms with Crippen LogP contribution in [-0.2, 0) is 16.6 Å². The Hall–Kier alpha value is -1.52. The summed E-state index contributed by atoms with van der Waals surface area (Å²) in [5, 5.41) is 9.15. The van der Waals surface area contributed by atoms with Gasteiger partial charge in [0.15, 0.2) is 0 Å². The number of rotatable bonds is 6. The SMILES string of the molecule is CCNc1ncc(Br)cc1S(=O)(=O)NCc1ncn[nH]1. The molecule has 3 N–H and O–H groups in total. The number of nitrogens with zero attached hydrogens (tertiary/aromatic N) is 3. The summed E-state index contributed by atoms with van der Waals surface area (Å²) in [5.74, 6) is 0.738. The molecule has 8 nitrogen and oxygen atoms in total. The highest BCUT2D eigenvalue weighted by Gasteiger charge is 2.20. The van der Waals surface area contributed by atoms with E-state index >= 15 is 0 Å². The fourth-order valence-corrected chi connectivity index (χ4v) is 3.11. The molecule has 0 aliphatic rings. The molecule has 108 valence electrons. The van der Waals surface area contributed by atoms with E-state index in [1.807, 2.05) is 6.92 Å². The van der Waals surface area contributed by atoms with Crippen LogP contribution in [0.25, 0.3) is 0 Å². The minimum absolute atomic E-state index is 0.0282. The monoisotopic (exact) mass is 360 g/mol. The van der Waals surface area contributed by atoms with E-state index in [4.69, 9.17) is 0 Å². The molecule has 20 heavy (non-hydrogen) atoms. The predicted molar refractivity (Wildman–Crippen MR) is 76.5 cm³/mol. The minimum Gasteiger partial charge on any atom is -0.369 e. The quantitative estimate of drug-likeness (QED) is 0.704. The lowest BCUT2D eigenvalue weighted by molar-refractivity contribution is 0.579. The number of halogens is 1. The number of aromatic nitrogens is 4. The fourth-order valence-electron chi connectivity index (χ4n) is 1.48. The second kappa shape index (κ2) is 6.29. The molecule has 0 aromatic carbocycles. The summed E-state index contributed by atoms with van der Waals surface area (Å²) < 4.78 is 27.6. The van der Waals surface area contributed by atoms with Gasteiger partial charge in [-0.1, -0.05) is 0 Å². The highest BCUT2D eigenvalue weighted by Crippen LogP contribution is 2.22. The lowest BCUT2D eigenvalue weighted by atomic mass is 10.4. The lowest BCUT2D eigenvalue weighted by Crippen LogP contribution is -2.25. The molecule has 0 aliphatic carbocycles. The first-order chi connectivity index (χ1) is 9.53. The molecule has 0 atom stereocenters. The molecule has 2 aromatic heterocycles. The van der Waals surface area contributed by atoms with Gasteiger partial charge in [0.25, 0.3) is 0 Å². The van der Waals surface area contributed by atoms with Gasteiger partial charge in [0.1, 0.15) is 22.9 Å². The van der Waals surface area contributed by atoms with E-state index in [0.29, 0.717) is 22.7 Å². The van der Waals surface area contributed by atoms with Gasteiger partial charge in [-0.25, -0.2) is 23.1 Å². The van der Waals surface area contributed by atoms with Crippen molar-refractivity contribution < 1.29 is 8.42 Å². The maximum Gasteiger partial charge on any atom is 0.244 e. The number of hydrogen-bond acceptors (Lipinski definition) is 6. The van der Waals surface area contributed by atoms with Crippen molar-refractivity contribution in [2.24, 2.45) is 0 Å². The normalized spacial score (nSPS) is 11.5. The van der Waals surface area contributed by atoms with Crippen molar-refractivity contribution in [3.05, 3.63) is 28.9 Å². The van der Waals surface area contributed by atoms with Crippen LogP contribution in [0.15, 0.2) is 28.0 Å². The number of sulfonamides is 1. The highest BCUT2D eigenvalue weighted by molar-refractivity contribution is 9.10. The summed E-state index contributed by atoms with van der Waals surface area (Å²) in [4.78, 5) is 8.00. The minimum atomic E-state index is -3.70. The van der Waals surface area contributed by atoms with Crippen molar-refractivity contribution in [3.8, 4) is 0 Å². The van der Waals surface area contributed by atoms with Crippen molar-refractivity contribution in [1.29, 1.82) is 0 Å². The molecule has 10 heteroatoms. The molecular formula is C10H13BrN6O2S. The summed E-state index contributed by atoms with van der Waals surface area (Å²) >= 11 is 3.22. The maximum atomic E-state index is 12.3. The Kier molecular flexibility index (Phi) is 4.68. The van der Waals surface area contributed by atoms with Crippen LogP contribution in [0.2, 0.25) is 0 Å². The molecule has 0 spiro atoms. The Morgan fingerprint density at radius 3 is 2.85 bits per heavy atom. The van der Waals surface area contributed by atoms with Gasteiger partial charge in [-0.3, -0.25) is 5.10 Å². The molecule has 2 rings (SSSR count). The van der Waals surface area contributed by atoms with E-state index in [9.17, 15) is 8.42 Å². The van der Waals surface area contributed by atoms with Crippen LogP contribution in [0.4, 0.5) is 5.82 Å². The number of hydrogen-bond donors (Lipinski definition) is 3. The van der Waals surface area contributed by atoms with Crippen LogP contribution in [-0.4, -0.2) is 35.1 Å². The van der Waals surface area contributed by atoms with E-state index in [1.54, 1.807) is 0 Å². The third-order valence-electron chi connectivity index (χ3n) is 2.35. The lowest BCUT2D eigenvalue weighted by Gasteiger charge is -2.11. The first-order valence-electron chi connectivity index (χ1n) is 5.76. The number of pyridine rings is 1. The number of H-pyrrole nitrogens is 1. The number of nitrogens with one attached hydrogen (secondary N) is 3.